The minimum Gasteiger partial charge on any atom is -0.456 e. The number of esters is 1. The summed E-state index contributed by atoms with van der Waals surface area (Å²) in [5, 5.41) is 3.04. The summed E-state index contributed by atoms with van der Waals surface area (Å²) in [7, 11) is 1.47. The van der Waals surface area contributed by atoms with E-state index in [-0.39, 0.29) is 31.5 Å². The lowest BCUT2D eigenvalue weighted by Gasteiger charge is -2.27. The minimum absolute atomic E-state index is 0.0320. The van der Waals surface area contributed by atoms with Gasteiger partial charge in [-0.1, -0.05) is 222 Å². The van der Waals surface area contributed by atoms with Crippen LogP contribution < -0.4 is 5.32 Å². The number of likely N-dealkylation sites (N-methyl/N-ethyl adjacent to an activating group) is 1. The van der Waals surface area contributed by atoms with E-state index in [2.05, 4.69) is 86.8 Å². The predicted octanol–water partition coefficient (Wildman–Crippen LogP) is 18.4. The normalized spacial score (nSPS) is 14.2. The summed E-state index contributed by atoms with van der Waals surface area (Å²) in [4.78, 5) is 37.7. The van der Waals surface area contributed by atoms with Crippen LogP contribution in [-0.4, -0.2) is 74.3 Å². The number of rotatable bonds is 54. The first-order chi connectivity index (χ1) is 35.4. The summed E-state index contributed by atoms with van der Waals surface area (Å²) in [5.74, 6) is -0.545. The fourth-order valence-corrected chi connectivity index (χ4v) is 9.12. The molecule has 0 saturated carbocycles. The highest BCUT2D eigenvalue weighted by Crippen LogP contribution is 2.43. The van der Waals surface area contributed by atoms with Gasteiger partial charge >= 0.3 is 13.8 Å². The Bertz CT molecular complexity index is 1480. The number of carbonyl (C=O) groups excluding carboxylic acids is 2. The van der Waals surface area contributed by atoms with E-state index in [9.17, 15) is 19.0 Å². The van der Waals surface area contributed by atoms with Gasteiger partial charge in [0, 0.05) is 12.8 Å². The number of hydrogen-bond donors (Lipinski definition) is 2. The fraction of sp³-hybridized carbons (Fsp3) is 0.778. The first kappa shape index (κ1) is 70.5. The number of allylic oxidation sites excluding steroid dienone is 11. The predicted molar refractivity (Wildman–Crippen MR) is 314 cm³/mol. The minimum atomic E-state index is -4.46. The molecule has 0 rings (SSSR count). The molecule has 0 aromatic carbocycles. The largest absolute Gasteiger partial charge is 0.472 e. The maximum absolute atomic E-state index is 13.5. The molecule has 3 atom stereocenters. The van der Waals surface area contributed by atoms with Crippen LogP contribution in [0, 0.1) is 0 Å². The number of ether oxygens (including phenoxy) is 1. The van der Waals surface area contributed by atoms with Crippen LogP contribution in [0.25, 0.3) is 0 Å². The summed E-state index contributed by atoms with van der Waals surface area (Å²) in [6, 6.07) is -0.865. The third kappa shape index (κ3) is 54.1. The first-order valence-electron chi connectivity index (χ1n) is 30.3. The molecule has 0 saturated heterocycles. The van der Waals surface area contributed by atoms with Crippen LogP contribution in [0.1, 0.15) is 265 Å². The van der Waals surface area contributed by atoms with Crippen molar-refractivity contribution in [3.8, 4) is 0 Å². The molecule has 0 bridgehead atoms. The zero-order valence-corrected chi connectivity index (χ0v) is 49.3. The van der Waals surface area contributed by atoms with E-state index in [4.69, 9.17) is 13.8 Å². The Balaban J connectivity index is 5.39. The second kappa shape index (κ2) is 52.9. The maximum Gasteiger partial charge on any atom is 0.472 e. The summed E-state index contributed by atoms with van der Waals surface area (Å²) >= 11 is 0. The standard InChI is InChI=1S/C63H115N2O7P/c1-7-10-13-16-19-22-25-28-30-31-32-33-35-38-41-44-47-50-53-56-63(67)72-61(54-51-48-45-42-39-36-27-24-21-18-15-12-9-3)60(59-71-73(68,69)70-58-57-65(4,5)6)64-62(66)55-52-49-46-43-40-37-34-29-26-23-20-17-14-11-8-2/h19,22-23,26,28,30,32-33,38,41,51,54,60-61H,7-18,20-21,24-25,27,29,31,34-37,39-40,42-50,52-53,55-59H2,1-6H3,(H-,64,66,68,69)/p+1/b22-19-,26-23-,30-28-,33-32-,41-38-,54-51+. The molecule has 9 nitrogen and oxygen atoms in total. The van der Waals surface area contributed by atoms with Gasteiger partial charge in [0.1, 0.15) is 19.3 Å². The van der Waals surface area contributed by atoms with Crippen molar-refractivity contribution in [2.24, 2.45) is 0 Å². The molecule has 2 N–H and O–H groups in total. The monoisotopic (exact) mass is 1040 g/mol. The van der Waals surface area contributed by atoms with Crippen LogP contribution in [0.4, 0.5) is 0 Å². The zero-order valence-electron chi connectivity index (χ0n) is 48.4. The highest BCUT2D eigenvalue weighted by atomic mass is 31.2. The van der Waals surface area contributed by atoms with E-state index in [1.807, 2.05) is 33.3 Å². The maximum atomic E-state index is 13.5. The Kier molecular flexibility index (Phi) is 51.0. The molecule has 0 aliphatic carbocycles. The van der Waals surface area contributed by atoms with Crippen molar-refractivity contribution in [1.82, 2.24) is 5.32 Å². The Hall–Kier alpha value is -2.55. The van der Waals surface area contributed by atoms with Gasteiger partial charge in [-0.25, -0.2) is 4.57 Å². The van der Waals surface area contributed by atoms with Gasteiger partial charge in [0.2, 0.25) is 5.91 Å². The Morgan fingerprint density at radius 3 is 1.32 bits per heavy atom. The number of nitrogens with zero attached hydrogens (tertiary/aromatic N) is 1. The van der Waals surface area contributed by atoms with Crippen molar-refractivity contribution in [1.29, 1.82) is 0 Å². The lowest BCUT2D eigenvalue weighted by Crippen LogP contribution is -2.47. The molecular weight excluding hydrogens is 928 g/mol. The molecule has 3 unspecified atom stereocenters. The molecule has 73 heavy (non-hydrogen) atoms. The third-order valence-electron chi connectivity index (χ3n) is 13.1. The fourth-order valence-electron chi connectivity index (χ4n) is 8.39. The van der Waals surface area contributed by atoms with Crippen LogP contribution in [0.3, 0.4) is 0 Å². The van der Waals surface area contributed by atoms with E-state index in [0.717, 1.165) is 89.9 Å². The molecular formula is C63H116N2O7P+. The molecule has 424 valence electrons. The SMILES string of the molecule is CCCCC/C=C\C/C=C\C/C=C\C/C=C\CCCCCC(=O)OC(/C=C/CCCCCCCCCCCCC)C(COP(=O)(O)OCC[N+](C)(C)C)NC(=O)CCCCCCCCC/C=C\CCCCCC. The zero-order chi connectivity index (χ0) is 53.6. The second-order valence-corrected chi connectivity index (χ2v) is 23.0. The van der Waals surface area contributed by atoms with Gasteiger partial charge in [0.15, 0.2) is 0 Å². The van der Waals surface area contributed by atoms with Crippen molar-refractivity contribution < 1.29 is 37.3 Å². The Labute approximate surface area is 451 Å². The topological polar surface area (TPSA) is 111 Å². The van der Waals surface area contributed by atoms with Crippen molar-refractivity contribution in [2.45, 2.75) is 277 Å². The van der Waals surface area contributed by atoms with Crippen molar-refractivity contribution in [2.75, 3.05) is 40.9 Å². The molecule has 0 radical (unpaired) electrons. The van der Waals surface area contributed by atoms with Crippen molar-refractivity contribution in [3.63, 3.8) is 0 Å². The van der Waals surface area contributed by atoms with Gasteiger partial charge in [-0.3, -0.25) is 18.6 Å². The molecule has 1 amide bonds. The van der Waals surface area contributed by atoms with E-state index in [1.165, 1.54) is 135 Å². The molecule has 0 aromatic heterocycles. The van der Waals surface area contributed by atoms with Crippen LogP contribution in [0.5, 0.6) is 0 Å². The van der Waals surface area contributed by atoms with Gasteiger partial charge < -0.3 is 19.4 Å². The van der Waals surface area contributed by atoms with Crippen molar-refractivity contribution in [3.05, 3.63) is 72.9 Å². The molecule has 0 aliphatic rings. The number of quaternary nitrogens is 1. The second-order valence-electron chi connectivity index (χ2n) is 21.5. The quantitative estimate of drug-likeness (QED) is 0.0205. The number of carbonyl (C=O) groups is 2. The van der Waals surface area contributed by atoms with E-state index in [1.54, 1.807) is 0 Å². The van der Waals surface area contributed by atoms with Crippen LogP contribution >= 0.6 is 7.82 Å². The summed E-state index contributed by atoms with van der Waals surface area (Å²) in [6.07, 6.45) is 67.5. The first-order valence-corrected chi connectivity index (χ1v) is 31.8. The molecule has 0 fully saturated rings. The van der Waals surface area contributed by atoms with Gasteiger partial charge in [-0.2, -0.15) is 0 Å². The lowest BCUT2D eigenvalue weighted by atomic mass is 10.0. The smallest absolute Gasteiger partial charge is 0.456 e. The highest BCUT2D eigenvalue weighted by molar-refractivity contribution is 7.47. The third-order valence-corrected chi connectivity index (χ3v) is 14.1. The summed E-state index contributed by atoms with van der Waals surface area (Å²) in [5.41, 5.74) is 0. The van der Waals surface area contributed by atoms with Gasteiger partial charge in [-0.05, 0) is 102 Å². The number of hydrogen-bond acceptors (Lipinski definition) is 6. The van der Waals surface area contributed by atoms with Gasteiger partial charge in [0.05, 0.1) is 33.8 Å². The summed E-state index contributed by atoms with van der Waals surface area (Å²) < 4.78 is 30.6. The molecule has 10 heteroatoms. The van der Waals surface area contributed by atoms with Crippen LogP contribution in [0.15, 0.2) is 72.9 Å². The number of nitrogens with one attached hydrogen (secondary N) is 1. The molecule has 0 aliphatic heterocycles. The number of amides is 1. The molecule has 0 aromatic rings. The van der Waals surface area contributed by atoms with Gasteiger partial charge in [0.25, 0.3) is 0 Å². The average Bonchev–Trinajstić information content (AvgIpc) is 3.35. The number of unbranched alkanes of at least 4 members (excludes halogenated alkanes) is 28. The molecule has 0 heterocycles. The van der Waals surface area contributed by atoms with E-state index >= 15 is 0 Å². The van der Waals surface area contributed by atoms with Crippen molar-refractivity contribution >= 4 is 19.7 Å². The lowest BCUT2D eigenvalue weighted by molar-refractivity contribution is -0.870. The number of phosphoric ester groups is 1. The van der Waals surface area contributed by atoms with E-state index < -0.39 is 20.0 Å². The van der Waals surface area contributed by atoms with Crippen LogP contribution in [-0.2, 0) is 27.9 Å². The Morgan fingerprint density at radius 2 is 0.836 bits per heavy atom. The van der Waals surface area contributed by atoms with Gasteiger partial charge in [-0.15, -0.1) is 0 Å². The number of phosphoric acid groups is 1. The molecule has 0 spiro atoms. The van der Waals surface area contributed by atoms with E-state index in [0.29, 0.717) is 23.9 Å². The average molecular weight is 1040 g/mol. The Morgan fingerprint density at radius 1 is 0.479 bits per heavy atom. The summed E-state index contributed by atoms with van der Waals surface area (Å²) in [6.45, 7) is 6.95. The van der Waals surface area contributed by atoms with Crippen LogP contribution in [0.2, 0.25) is 0 Å². The highest BCUT2D eigenvalue weighted by Gasteiger charge is 2.30.